The van der Waals surface area contributed by atoms with E-state index >= 15 is 0 Å². The first-order valence-corrected chi connectivity index (χ1v) is 8.41. The van der Waals surface area contributed by atoms with Gasteiger partial charge in [-0.2, -0.15) is 8.42 Å². The van der Waals surface area contributed by atoms with Crippen LogP contribution in [0.2, 0.25) is 0 Å². The maximum absolute atomic E-state index is 12.1. The van der Waals surface area contributed by atoms with Crippen LogP contribution in [0.4, 0.5) is 0 Å². The molecule has 1 aromatic rings. The van der Waals surface area contributed by atoms with Gasteiger partial charge in [0.2, 0.25) is 0 Å². The molecule has 0 aliphatic heterocycles. The number of fused-ring (bicyclic) bond motifs is 2. The second-order valence-corrected chi connectivity index (χ2v) is 7.60. The molecule has 104 valence electrons. The molecule has 2 aliphatic rings. The van der Waals surface area contributed by atoms with E-state index in [1.54, 1.807) is 24.3 Å². The topological polar surface area (TPSA) is 43.4 Å². The Hall–Kier alpha value is -0.870. The molecule has 0 aromatic heterocycles. The Labute approximate surface area is 115 Å². The van der Waals surface area contributed by atoms with Crippen molar-refractivity contribution in [2.24, 2.45) is 17.8 Å². The van der Waals surface area contributed by atoms with Crippen LogP contribution in [0.5, 0.6) is 0 Å². The first-order valence-electron chi connectivity index (χ1n) is 7.01. The molecule has 0 spiro atoms. The second-order valence-electron chi connectivity index (χ2n) is 5.99. The minimum absolute atomic E-state index is 0.265. The first-order chi connectivity index (χ1) is 9.04. The summed E-state index contributed by atoms with van der Waals surface area (Å²) in [4.78, 5) is 0.265. The van der Waals surface area contributed by atoms with Crippen molar-refractivity contribution in [2.75, 3.05) is 6.61 Å². The molecule has 4 heteroatoms. The minimum atomic E-state index is -3.58. The van der Waals surface area contributed by atoms with Crippen molar-refractivity contribution in [3.05, 3.63) is 29.8 Å². The van der Waals surface area contributed by atoms with E-state index in [-0.39, 0.29) is 4.90 Å². The Morgan fingerprint density at radius 3 is 2.47 bits per heavy atom. The summed E-state index contributed by atoms with van der Waals surface area (Å²) in [5.41, 5.74) is 1.05. The molecule has 0 radical (unpaired) electrons. The van der Waals surface area contributed by atoms with E-state index in [2.05, 4.69) is 0 Å². The molecule has 0 unspecified atom stereocenters. The summed E-state index contributed by atoms with van der Waals surface area (Å²) in [5.74, 6) is 1.96. The van der Waals surface area contributed by atoms with Gasteiger partial charge in [-0.15, -0.1) is 0 Å². The normalized spacial score (nSPS) is 29.8. The lowest BCUT2D eigenvalue weighted by Crippen LogP contribution is -2.19. The third-order valence-corrected chi connectivity index (χ3v) is 5.93. The molecule has 0 heterocycles. The fraction of sp³-hybridized carbons (Fsp3) is 0.600. The van der Waals surface area contributed by atoms with Gasteiger partial charge in [-0.3, -0.25) is 4.18 Å². The van der Waals surface area contributed by atoms with Gasteiger partial charge in [0, 0.05) is 0 Å². The van der Waals surface area contributed by atoms with Gasteiger partial charge < -0.3 is 0 Å². The Morgan fingerprint density at radius 2 is 1.89 bits per heavy atom. The fourth-order valence-corrected chi connectivity index (χ4v) is 4.49. The average Bonchev–Trinajstić information content (AvgIpc) is 2.99. The molecule has 0 N–H and O–H groups in total. The largest absolute Gasteiger partial charge is 0.296 e. The molecule has 3 atom stereocenters. The van der Waals surface area contributed by atoms with Crippen molar-refractivity contribution in [1.29, 1.82) is 0 Å². The number of rotatable bonds is 4. The molecule has 2 fully saturated rings. The summed E-state index contributed by atoms with van der Waals surface area (Å²) in [6.45, 7) is 2.30. The molecular formula is C15H20O3S. The zero-order chi connectivity index (χ0) is 13.5. The molecule has 2 bridgehead atoms. The Kier molecular flexibility index (Phi) is 3.39. The van der Waals surface area contributed by atoms with Gasteiger partial charge in [-0.05, 0) is 56.1 Å². The van der Waals surface area contributed by atoms with Crippen LogP contribution in [0.25, 0.3) is 0 Å². The van der Waals surface area contributed by atoms with E-state index in [0.717, 1.165) is 17.9 Å². The van der Waals surface area contributed by atoms with Gasteiger partial charge in [0.05, 0.1) is 11.5 Å². The van der Waals surface area contributed by atoms with Crippen molar-refractivity contribution < 1.29 is 12.6 Å². The van der Waals surface area contributed by atoms with Gasteiger partial charge in [0.25, 0.3) is 10.1 Å². The number of hydrogen-bond donors (Lipinski definition) is 0. The molecule has 3 nitrogen and oxygen atoms in total. The van der Waals surface area contributed by atoms with E-state index in [0.29, 0.717) is 18.4 Å². The van der Waals surface area contributed by atoms with E-state index in [1.165, 1.54) is 19.3 Å². The summed E-state index contributed by atoms with van der Waals surface area (Å²) >= 11 is 0. The lowest BCUT2D eigenvalue weighted by molar-refractivity contribution is 0.200. The van der Waals surface area contributed by atoms with Crippen LogP contribution < -0.4 is 0 Å². The number of hydrogen-bond acceptors (Lipinski definition) is 3. The van der Waals surface area contributed by atoms with Gasteiger partial charge in [0.15, 0.2) is 0 Å². The molecule has 19 heavy (non-hydrogen) atoms. The predicted molar refractivity (Wildman–Crippen MR) is 73.3 cm³/mol. The van der Waals surface area contributed by atoms with E-state index in [1.807, 2.05) is 6.92 Å². The highest BCUT2D eigenvalue weighted by molar-refractivity contribution is 7.86. The summed E-state index contributed by atoms with van der Waals surface area (Å²) < 4.78 is 29.4. The van der Waals surface area contributed by atoms with Gasteiger partial charge in [0.1, 0.15) is 0 Å². The van der Waals surface area contributed by atoms with Crippen molar-refractivity contribution in [1.82, 2.24) is 0 Å². The van der Waals surface area contributed by atoms with Crippen LogP contribution in [-0.2, 0) is 14.3 Å². The Balaban J connectivity index is 1.64. The Bertz CT molecular complexity index is 547. The van der Waals surface area contributed by atoms with Gasteiger partial charge in [-0.25, -0.2) is 0 Å². The van der Waals surface area contributed by atoms with Crippen molar-refractivity contribution >= 4 is 10.1 Å². The second kappa shape index (κ2) is 4.91. The van der Waals surface area contributed by atoms with Crippen LogP contribution in [0.15, 0.2) is 29.2 Å². The van der Waals surface area contributed by atoms with E-state index < -0.39 is 10.1 Å². The highest BCUT2D eigenvalue weighted by Gasteiger charge is 2.40. The van der Waals surface area contributed by atoms with Crippen LogP contribution in [-0.4, -0.2) is 15.0 Å². The summed E-state index contributed by atoms with van der Waals surface area (Å²) in [6.07, 6.45) is 5.00. The summed E-state index contributed by atoms with van der Waals surface area (Å²) in [5, 5.41) is 0. The third-order valence-electron chi connectivity index (χ3n) is 4.63. The van der Waals surface area contributed by atoms with Gasteiger partial charge >= 0.3 is 0 Å². The first kappa shape index (κ1) is 13.1. The van der Waals surface area contributed by atoms with Crippen LogP contribution >= 0.6 is 0 Å². The smallest absolute Gasteiger partial charge is 0.266 e. The molecule has 0 saturated heterocycles. The molecule has 3 rings (SSSR count). The lowest BCUT2D eigenvalue weighted by atomic mass is 9.90. The zero-order valence-corrected chi connectivity index (χ0v) is 12.0. The number of aryl methyl sites for hydroxylation is 1. The van der Waals surface area contributed by atoms with Crippen LogP contribution in [0, 0.1) is 24.7 Å². The third kappa shape index (κ3) is 2.70. The molecule has 0 amide bonds. The van der Waals surface area contributed by atoms with Crippen molar-refractivity contribution in [3.8, 4) is 0 Å². The Morgan fingerprint density at radius 1 is 1.16 bits per heavy atom. The average molecular weight is 280 g/mol. The fourth-order valence-electron chi connectivity index (χ4n) is 3.53. The summed E-state index contributed by atoms with van der Waals surface area (Å²) in [7, 11) is -3.58. The lowest BCUT2D eigenvalue weighted by Gasteiger charge is -2.21. The van der Waals surface area contributed by atoms with Crippen molar-refractivity contribution in [2.45, 2.75) is 37.5 Å². The van der Waals surface area contributed by atoms with Crippen LogP contribution in [0.1, 0.15) is 31.2 Å². The van der Waals surface area contributed by atoms with Crippen LogP contribution in [0.3, 0.4) is 0 Å². The number of benzene rings is 1. The van der Waals surface area contributed by atoms with Gasteiger partial charge in [-0.1, -0.05) is 24.1 Å². The molecular weight excluding hydrogens is 260 g/mol. The minimum Gasteiger partial charge on any atom is -0.266 e. The molecule has 2 saturated carbocycles. The SMILES string of the molecule is Cc1ccc(S(=O)(=O)OC[C@H]2C[C@H]3CC[C@@H]2C3)cc1. The maximum Gasteiger partial charge on any atom is 0.296 e. The van der Waals surface area contributed by atoms with E-state index in [4.69, 9.17) is 4.18 Å². The van der Waals surface area contributed by atoms with E-state index in [9.17, 15) is 8.42 Å². The highest BCUT2D eigenvalue weighted by Crippen LogP contribution is 2.48. The zero-order valence-electron chi connectivity index (χ0n) is 11.2. The molecule has 1 aromatic carbocycles. The quantitative estimate of drug-likeness (QED) is 0.796. The molecule has 2 aliphatic carbocycles. The monoisotopic (exact) mass is 280 g/mol. The predicted octanol–water partition coefficient (Wildman–Crippen LogP) is 3.14. The summed E-state index contributed by atoms with van der Waals surface area (Å²) in [6, 6.07) is 6.83. The van der Waals surface area contributed by atoms with Crippen molar-refractivity contribution in [3.63, 3.8) is 0 Å². The standard InChI is InChI=1S/C15H20O3S/c1-11-2-6-15(7-3-11)19(16,17)18-10-14-9-12-4-5-13(14)8-12/h2-3,6-7,12-14H,4-5,8-10H2,1H3/t12-,13+,14+/m0/s1. The maximum atomic E-state index is 12.1. The highest BCUT2D eigenvalue weighted by atomic mass is 32.2.